The summed E-state index contributed by atoms with van der Waals surface area (Å²) >= 11 is 1.39. The lowest BCUT2D eigenvalue weighted by Gasteiger charge is -2.18. The van der Waals surface area contributed by atoms with Crippen LogP contribution in [0.15, 0.2) is 28.4 Å². The molecule has 0 aliphatic heterocycles. The van der Waals surface area contributed by atoms with Gasteiger partial charge in [0, 0.05) is 31.6 Å². The Bertz CT molecular complexity index is 952. The Balaban J connectivity index is 2.15. The second-order valence-electron chi connectivity index (χ2n) is 5.53. The maximum Gasteiger partial charge on any atom is 0.244 e. The summed E-state index contributed by atoms with van der Waals surface area (Å²) in [6.07, 6.45) is 3.26. The molecule has 0 saturated heterocycles. The summed E-state index contributed by atoms with van der Waals surface area (Å²) in [6, 6.07) is 3.15. The Labute approximate surface area is 158 Å². The smallest absolute Gasteiger partial charge is 0.244 e. The van der Waals surface area contributed by atoms with Gasteiger partial charge in [0.15, 0.2) is 10.8 Å². The molecule has 2 heterocycles. The van der Waals surface area contributed by atoms with E-state index in [0.29, 0.717) is 42.6 Å². The van der Waals surface area contributed by atoms with Crippen molar-refractivity contribution in [3.8, 4) is 0 Å². The zero-order chi connectivity index (χ0) is 19.4. The number of thioether (sulfide) groups is 1. The van der Waals surface area contributed by atoms with Crippen molar-refractivity contribution in [2.75, 3.05) is 31.6 Å². The highest BCUT2D eigenvalue weighted by Gasteiger charge is 2.22. The van der Waals surface area contributed by atoms with Crippen LogP contribution in [0, 0.1) is 0 Å². The Hall–Kier alpha value is -1.21. The predicted molar refractivity (Wildman–Crippen MR) is 101 cm³/mol. The first-order valence-electron chi connectivity index (χ1n) is 8.11. The van der Waals surface area contributed by atoms with Crippen molar-refractivity contribution >= 4 is 37.5 Å². The number of nitrogens with one attached hydrogen (secondary N) is 1. The molecule has 0 aliphatic carbocycles. The van der Waals surface area contributed by atoms with Crippen molar-refractivity contribution in [3.63, 3.8) is 0 Å². The van der Waals surface area contributed by atoms with Gasteiger partial charge in [0.1, 0.15) is 0 Å². The number of hydrogen-bond acceptors (Lipinski definition) is 7. The summed E-state index contributed by atoms with van der Waals surface area (Å²) in [7, 11) is -6.75. The molecule has 2 aromatic heterocycles. The molecule has 2 aromatic rings. The van der Waals surface area contributed by atoms with Crippen LogP contribution in [0.3, 0.4) is 0 Å². The van der Waals surface area contributed by atoms with Gasteiger partial charge < -0.3 is 0 Å². The highest BCUT2D eigenvalue weighted by molar-refractivity contribution is 7.99. The maximum atomic E-state index is 12.7. The van der Waals surface area contributed by atoms with E-state index in [1.165, 1.54) is 28.3 Å². The van der Waals surface area contributed by atoms with E-state index >= 15 is 0 Å². The minimum Gasteiger partial charge on any atom is -0.276 e. The van der Waals surface area contributed by atoms with Gasteiger partial charge in [-0.05, 0) is 18.6 Å². The van der Waals surface area contributed by atoms with Crippen LogP contribution in [0.1, 0.15) is 20.3 Å². The van der Waals surface area contributed by atoms with E-state index in [1.54, 1.807) is 24.3 Å². The second kappa shape index (κ2) is 8.65. The van der Waals surface area contributed by atoms with Gasteiger partial charge in [0.2, 0.25) is 20.0 Å². The largest absolute Gasteiger partial charge is 0.276 e. The third-order valence-electron chi connectivity index (χ3n) is 3.60. The van der Waals surface area contributed by atoms with Crippen LogP contribution in [0.2, 0.25) is 0 Å². The van der Waals surface area contributed by atoms with E-state index in [1.807, 2.05) is 0 Å². The molecule has 0 saturated carbocycles. The Kier molecular flexibility index (Phi) is 7.02. The van der Waals surface area contributed by atoms with E-state index in [9.17, 15) is 16.8 Å². The fraction of sp³-hybridized carbons (Fsp3) is 0.571. The number of nitrogens with zero attached hydrogens (tertiary/aromatic N) is 4. The van der Waals surface area contributed by atoms with Crippen molar-refractivity contribution < 1.29 is 16.8 Å². The molecule has 0 spiro atoms. The van der Waals surface area contributed by atoms with Crippen molar-refractivity contribution in [3.05, 3.63) is 18.3 Å². The number of hydrogen-bond donors (Lipinski definition) is 1. The molecule has 146 valence electrons. The topological polar surface area (TPSA) is 114 Å². The molecule has 0 radical (unpaired) electrons. The molecule has 2 rings (SSSR count). The van der Waals surface area contributed by atoms with Crippen LogP contribution in [0.5, 0.6) is 0 Å². The number of fused-ring (bicyclic) bond motifs is 1. The number of sulfonamides is 2. The summed E-state index contributed by atoms with van der Waals surface area (Å²) in [6.45, 7) is 4.72. The van der Waals surface area contributed by atoms with Gasteiger partial charge in [-0.2, -0.15) is 4.31 Å². The predicted octanol–water partition coefficient (Wildman–Crippen LogP) is 0.791. The lowest BCUT2D eigenvalue weighted by molar-refractivity contribution is 0.445. The molecule has 0 unspecified atom stereocenters. The number of aromatic nitrogens is 3. The molecule has 0 aliphatic rings. The third-order valence-corrected chi connectivity index (χ3v) is 7.39. The second-order valence-corrected chi connectivity index (χ2v) is 10.4. The molecule has 9 nitrogen and oxygen atoms in total. The lowest BCUT2D eigenvalue weighted by Crippen LogP contribution is -2.30. The van der Waals surface area contributed by atoms with E-state index in [0.717, 1.165) is 6.26 Å². The van der Waals surface area contributed by atoms with Gasteiger partial charge in [-0.15, -0.1) is 10.2 Å². The van der Waals surface area contributed by atoms with Crippen molar-refractivity contribution in [1.29, 1.82) is 0 Å². The maximum absolute atomic E-state index is 12.7. The minimum atomic E-state index is -3.56. The lowest BCUT2D eigenvalue weighted by atomic mass is 10.5. The van der Waals surface area contributed by atoms with E-state index in [2.05, 4.69) is 14.9 Å². The van der Waals surface area contributed by atoms with Gasteiger partial charge in [-0.25, -0.2) is 21.6 Å². The Morgan fingerprint density at radius 2 is 1.85 bits per heavy atom. The Morgan fingerprint density at radius 3 is 2.46 bits per heavy atom. The first kappa shape index (κ1) is 21.1. The van der Waals surface area contributed by atoms with Crippen LogP contribution in [-0.2, 0) is 20.0 Å². The number of pyridine rings is 1. The van der Waals surface area contributed by atoms with Crippen LogP contribution in [0.25, 0.3) is 5.65 Å². The fourth-order valence-corrected chi connectivity index (χ4v) is 5.13. The van der Waals surface area contributed by atoms with Crippen LogP contribution in [0.4, 0.5) is 0 Å². The summed E-state index contributed by atoms with van der Waals surface area (Å²) in [5.74, 6) is 0.621. The molecule has 0 atom stereocenters. The zero-order valence-electron chi connectivity index (χ0n) is 14.9. The molecular formula is C14H23N5O4S3. The van der Waals surface area contributed by atoms with E-state index in [-0.39, 0.29) is 4.90 Å². The summed E-state index contributed by atoms with van der Waals surface area (Å²) in [4.78, 5) is 0.189. The molecule has 0 aromatic carbocycles. The first-order chi connectivity index (χ1) is 12.2. The van der Waals surface area contributed by atoms with E-state index in [4.69, 9.17) is 0 Å². The summed E-state index contributed by atoms with van der Waals surface area (Å²) < 4.78 is 52.8. The summed E-state index contributed by atoms with van der Waals surface area (Å²) in [5.41, 5.74) is 0.556. The minimum absolute atomic E-state index is 0.189. The monoisotopic (exact) mass is 421 g/mol. The molecular weight excluding hydrogens is 398 g/mol. The molecule has 26 heavy (non-hydrogen) atoms. The van der Waals surface area contributed by atoms with Crippen molar-refractivity contribution in [2.24, 2.45) is 0 Å². The highest BCUT2D eigenvalue weighted by Crippen LogP contribution is 2.21. The molecule has 0 amide bonds. The van der Waals surface area contributed by atoms with Gasteiger partial charge >= 0.3 is 0 Å². The molecule has 1 N–H and O–H groups in total. The third kappa shape index (κ3) is 5.16. The van der Waals surface area contributed by atoms with Crippen LogP contribution in [-0.4, -0.2) is 67.4 Å². The van der Waals surface area contributed by atoms with Crippen molar-refractivity contribution in [1.82, 2.24) is 23.6 Å². The number of rotatable bonds is 10. The quantitative estimate of drug-likeness (QED) is 0.446. The molecule has 0 bridgehead atoms. The van der Waals surface area contributed by atoms with Crippen LogP contribution >= 0.6 is 11.8 Å². The first-order valence-corrected chi connectivity index (χ1v) is 12.4. The Morgan fingerprint density at radius 1 is 1.15 bits per heavy atom. The molecule has 0 fully saturated rings. The molecule has 12 heteroatoms. The standard InChI is InChI=1S/C14H23N5O4S3/c1-4-18(5-2)26(22,23)12-7-8-13-16-17-14(19(13)11-12)24-10-6-9-15-25(3,20)21/h7-8,11,15H,4-6,9-10H2,1-3H3. The van der Waals surface area contributed by atoms with Crippen molar-refractivity contribution in [2.45, 2.75) is 30.3 Å². The average Bonchev–Trinajstić information content (AvgIpc) is 2.97. The SMILES string of the molecule is CCN(CC)S(=O)(=O)c1ccc2nnc(SCCCNS(C)(=O)=O)n2c1. The van der Waals surface area contributed by atoms with E-state index < -0.39 is 20.0 Å². The summed E-state index contributed by atoms with van der Waals surface area (Å²) in [5, 5.41) is 8.68. The average molecular weight is 422 g/mol. The van der Waals surface area contributed by atoms with Gasteiger partial charge in [-0.1, -0.05) is 25.6 Å². The van der Waals surface area contributed by atoms with Gasteiger partial charge in [-0.3, -0.25) is 4.40 Å². The van der Waals surface area contributed by atoms with Gasteiger partial charge in [0.25, 0.3) is 0 Å². The highest BCUT2D eigenvalue weighted by atomic mass is 32.2. The fourth-order valence-electron chi connectivity index (χ4n) is 2.31. The van der Waals surface area contributed by atoms with Crippen LogP contribution < -0.4 is 4.72 Å². The normalized spacial score (nSPS) is 12.9. The van der Waals surface area contributed by atoms with Gasteiger partial charge in [0.05, 0.1) is 11.2 Å². The zero-order valence-corrected chi connectivity index (χ0v) is 17.4.